The van der Waals surface area contributed by atoms with E-state index in [1.807, 2.05) is 53.1 Å². The van der Waals surface area contributed by atoms with Crippen LogP contribution in [0.15, 0.2) is 84.0 Å². The number of carbonyl (C=O) groups is 1. The van der Waals surface area contributed by atoms with Gasteiger partial charge in [0, 0.05) is 41.8 Å². The summed E-state index contributed by atoms with van der Waals surface area (Å²) < 4.78 is 3.26. The second-order valence-electron chi connectivity index (χ2n) is 8.04. The van der Waals surface area contributed by atoms with E-state index in [0.717, 1.165) is 33.0 Å². The molecule has 0 atom stereocenters. The van der Waals surface area contributed by atoms with Crippen molar-refractivity contribution >= 4 is 27.7 Å². The van der Waals surface area contributed by atoms with Crippen LogP contribution in [-0.2, 0) is 24.4 Å². The first kappa shape index (κ1) is 20.6. The molecule has 5 rings (SSSR count). The fourth-order valence-corrected chi connectivity index (χ4v) is 4.12. The molecule has 0 radical (unpaired) electrons. The number of carbonyl (C=O) groups excluding carboxylic acids is 1. The van der Waals surface area contributed by atoms with Crippen LogP contribution in [0.25, 0.3) is 21.8 Å². The van der Waals surface area contributed by atoms with Crippen molar-refractivity contribution in [1.82, 2.24) is 24.6 Å². The molecule has 0 saturated carbocycles. The van der Waals surface area contributed by atoms with Gasteiger partial charge in [-0.1, -0.05) is 48.5 Å². The molecule has 1 N–H and O–H groups in total. The molecule has 33 heavy (non-hydrogen) atoms. The molecule has 0 saturated heterocycles. The number of pyridine rings is 1. The van der Waals surface area contributed by atoms with Crippen LogP contribution in [0, 0.1) is 6.92 Å². The molecule has 3 aromatic heterocycles. The standard InChI is InChI=1S/C26H23N5O2/c1-18-7-2-3-9-20(18)16-30-23-11-5-4-10-21(23)22-15-29-31(26(33)25(22)30)17-24(32)28-14-19-8-6-12-27-13-19/h2-13,15H,14,16-17H2,1H3,(H,28,32). The summed E-state index contributed by atoms with van der Waals surface area (Å²) in [6.45, 7) is 2.82. The molecule has 0 fully saturated rings. The van der Waals surface area contributed by atoms with Crippen LogP contribution < -0.4 is 10.9 Å². The highest BCUT2D eigenvalue weighted by Gasteiger charge is 2.17. The Morgan fingerprint density at radius 2 is 1.79 bits per heavy atom. The van der Waals surface area contributed by atoms with Crippen molar-refractivity contribution in [3.8, 4) is 0 Å². The number of hydrogen-bond acceptors (Lipinski definition) is 4. The van der Waals surface area contributed by atoms with Gasteiger partial charge in [-0.3, -0.25) is 14.6 Å². The van der Waals surface area contributed by atoms with Crippen LogP contribution in [0.3, 0.4) is 0 Å². The Balaban J connectivity index is 1.52. The topological polar surface area (TPSA) is 81.8 Å². The van der Waals surface area contributed by atoms with Gasteiger partial charge < -0.3 is 9.88 Å². The van der Waals surface area contributed by atoms with Gasteiger partial charge in [-0.25, -0.2) is 4.68 Å². The Morgan fingerprint density at radius 3 is 2.61 bits per heavy atom. The molecule has 5 aromatic rings. The smallest absolute Gasteiger partial charge is 0.291 e. The number of nitrogens with zero attached hydrogens (tertiary/aromatic N) is 4. The fourth-order valence-electron chi connectivity index (χ4n) is 4.12. The summed E-state index contributed by atoms with van der Waals surface area (Å²) in [6, 6.07) is 19.8. The summed E-state index contributed by atoms with van der Waals surface area (Å²) in [5.41, 5.74) is 4.42. The van der Waals surface area contributed by atoms with Crippen molar-refractivity contribution < 1.29 is 4.79 Å². The molecule has 0 aliphatic carbocycles. The van der Waals surface area contributed by atoms with E-state index in [-0.39, 0.29) is 18.0 Å². The minimum Gasteiger partial charge on any atom is -0.350 e. The number of rotatable bonds is 6. The summed E-state index contributed by atoms with van der Waals surface area (Å²) >= 11 is 0. The lowest BCUT2D eigenvalue weighted by Crippen LogP contribution is -2.33. The minimum atomic E-state index is -0.284. The largest absolute Gasteiger partial charge is 0.350 e. The Hall–Kier alpha value is -4.26. The van der Waals surface area contributed by atoms with Crippen LogP contribution >= 0.6 is 0 Å². The Kier molecular flexibility index (Phi) is 5.44. The average molecular weight is 438 g/mol. The second-order valence-corrected chi connectivity index (χ2v) is 8.04. The third-order valence-electron chi connectivity index (χ3n) is 5.87. The van der Waals surface area contributed by atoms with Crippen LogP contribution in [-0.4, -0.2) is 25.2 Å². The zero-order valence-electron chi connectivity index (χ0n) is 18.2. The highest BCUT2D eigenvalue weighted by molar-refractivity contribution is 6.07. The summed E-state index contributed by atoms with van der Waals surface area (Å²) in [4.78, 5) is 30.1. The molecule has 0 bridgehead atoms. The van der Waals surface area contributed by atoms with Gasteiger partial charge in [-0.05, 0) is 35.7 Å². The quantitative estimate of drug-likeness (QED) is 0.441. The van der Waals surface area contributed by atoms with Crippen molar-refractivity contribution in [2.45, 2.75) is 26.6 Å². The van der Waals surface area contributed by atoms with Crippen molar-refractivity contribution in [3.05, 3.63) is 106 Å². The molecule has 164 valence electrons. The summed E-state index contributed by atoms with van der Waals surface area (Å²) in [6.07, 6.45) is 5.06. The molecule has 2 aromatic carbocycles. The molecule has 7 heteroatoms. The summed E-state index contributed by atoms with van der Waals surface area (Å²) in [7, 11) is 0. The van der Waals surface area contributed by atoms with E-state index in [1.54, 1.807) is 18.6 Å². The number of aromatic nitrogens is 4. The third kappa shape index (κ3) is 4.01. The molecule has 0 aliphatic heterocycles. The number of amides is 1. The zero-order valence-corrected chi connectivity index (χ0v) is 18.2. The summed E-state index contributed by atoms with van der Waals surface area (Å²) in [5, 5.41) is 8.89. The van der Waals surface area contributed by atoms with E-state index in [2.05, 4.69) is 34.5 Å². The predicted molar refractivity (Wildman–Crippen MR) is 128 cm³/mol. The normalized spacial score (nSPS) is 11.2. The Bertz CT molecular complexity index is 1520. The van der Waals surface area contributed by atoms with Crippen LogP contribution in [0.4, 0.5) is 0 Å². The van der Waals surface area contributed by atoms with Gasteiger partial charge in [-0.15, -0.1) is 0 Å². The van der Waals surface area contributed by atoms with Crippen molar-refractivity contribution in [3.63, 3.8) is 0 Å². The maximum absolute atomic E-state index is 13.5. The second kappa shape index (κ2) is 8.70. The lowest BCUT2D eigenvalue weighted by molar-refractivity contribution is -0.122. The number of fused-ring (bicyclic) bond motifs is 3. The first-order chi connectivity index (χ1) is 16.1. The van der Waals surface area contributed by atoms with E-state index < -0.39 is 0 Å². The van der Waals surface area contributed by atoms with Crippen LogP contribution in [0.5, 0.6) is 0 Å². The molecule has 0 spiro atoms. The lowest BCUT2D eigenvalue weighted by Gasteiger charge is -2.11. The SMILES string of the molecule is Cc1ccccc1Cn1c2ccccc2c2cnn(CC(=O)NCc3cccnc3)c(=O)c21. The van der Waals surface area contributed by atoms with Gasteiger partial charge in [0.2, 0.25) is 5.91 Å². The zero-order chi connectivity index (χ0) is 22.8. The van der Waals surface area contributed by atoms with Gasteiger partial charge in [0.25, 0.3) is 5.56 Å². The first-order valence-corrected chi connectivity index (χ1v) is 10.8. The molecular formula is C26H23N5O2. The fraction of sp³-hybridized carbons (Fsp3) is 0.154. The van der Waals surface area contributed by atoms with E-state index in [9.17, 15) is 9.59 Å². The minimum absolute atomic E-state index is 0.152. The van der Waals surface area contributed by atoms with Crippen molar-refractivity contribution in [1.29, 1.82) is 0 Å². The molecule has 0 unspecified atom stereocenters. The van der Waals surface area contributed by atoms with Gasteiger partial charge in [-0.2, -0.15) is 5.10 Å². The molecule has 3 heterocycles. The summed E-state index contributed by atoms with van der Waals surface area (Å²) in [5.74, 6) is -0.283. The van der Waals surface area contributed by atoms with Crippen LogP contribution in [0.2, 0.25) is 0 Å². The van der Waals surface area contributed by atoms with Gasteiger partial charge >= 0.3 is 0 Å². The van der Waals surface area contributed by atoms with Gasteiger partial charge in [0.1, 0.15) is 12.1 Å². The number of aryl methyl sites for hydroxylation is 1. The van der Waals surface area contributed by atoms with Crippen molar-refractivity contribution in [2.75, 3.05) is 0 Å². The predicted octanol–water partition coefficient (Wildman–Crippen LogP) is 3.42. The highest BCUT2D eigenvalue weighted by Crippen LogP contribution is 2.27. The number of nitrogens with one attached hydrogen (secondary N) is 1. The Labute approximate surface area is 190 Å². The maximum atomic E-state index is 13.5. The van der Waals surface area contributed by atoms with Gasteiger partial charge in [0.05, 0.1) is 6.20 Å². The molecule has 1 amide bonds. The molecule has 7 nitrogen and oxygen atoms in total. The van der Waals surface area contributed by atoms with E-state index in [4.69, 9.17) is 0 Å². The number of hydrogen-bond donors (Lipinski definition) is 1. The van der Waals surface area contributed by atoms with E-state index >= 15 is 0 Å². The molecule has 0 aliphatic rings. The maximum Gasteiger partial charge on any atom is 0.291 e. The first-order valence-electron chi connectivity index (χ1n) is 10.8. The lowest BCUT2D eigenvalue weighted by atomic mass is 10.1. The van der Waals surface area contributed by atoms with E-state index in [0.29, 0.717) is 18.6 Å². The van der Waals surface area contributed by atoms with E-state index in [1.165, 1.54) is 4.68 Å². The van der Waals surface area contributed by atoms with Gasteiger partial charge in [0.15, 0.2) is 0 Å². The Morgan fingerprint density at radius 1 is 0.970 bits per heavy atom. The average Bonchev–Trinajstić information content (AvgIpc) is 3.16. The number of benzene rings is 2. The van der Waals surface area contributed by atoms with Crippen LogP contribution in [0.1, 0.15) is 16.7 Å². The molecular weight excluding hydrogens is 414 g/mol. The monoisotopic (exact) mass is 437 g/mol. The van der Waals surface area contributed by atoms with Crippen molar-refractivity contribution in [2.24, 2.45) is 0 Å². The number of para-hydroxylation sites is 1. The highest BCUT2D eigenvalue weighted by atomic mass is 16.2. The third-order valence-corrected chi connectivity index (χ3v) is 5.87.